The van der Waals surface area contributed by atoms with Gasteiger partial charge in [-0.2, -0.15) is 0 Å². The standard InChI is InChI=1S/C20H15N3/c1-2-6-15(7-3-1)10-11-20-22-18-9-5-4-8-16(18)17-12-13-21-14-19(17)23-20/h1-14H,(H,22,23)/b11-10+. The molecule has 3 heteroatoms. The lowest BCUT2D eigenvalue weighted by Crippen LogP contribution is -2.08. The minimum absolute atomic E-state index is 0.799. The summed E-state index contributed by atoms with van der Waals surface area (Å²) in [5.41, 5.74) is 5.29. The summed E-state index contributed by atoms with van der Waals surface area (Å²) >= 11 is 0. The Hall–Kier alpha value is -3.20. The van der Waals surface area contributed by atoms with E-state index in [1.54, 1.807) is 0 Å². The van der Waals surface area contributed by atoms with Crippen molar-refractivity contribution in [1.29, 1.82) is 0 Å². The van der Waals surface area contributed by atoms with Crippen molar-refractivity contribution in [2.24, 2.45) is 4.99 Å². The zero-order valence-corrected chi connectivity index (χ0v) is 12.5. The predicted octanol–water partition coefficient (Wildman–Crippen LogP) is 4.92. The maximum absolute atomic E-state index is 4.76. The fraction of sp³-hybridized carbons (Fsp3) is 0. The van der Waals surface area contributed by atoms with E-state index in [0.717, 1.165) is 33.9 Å². The predicted molar refractivity (Wildman–Crippen MR) is 95.9 cm³/mol. The van der Waals surface area contributed by atoms with Crippen LogP contribution in [0.15, 0.2) is 84.1 Å². The van der Waals surface area contributed by atoms with Crippen LogP contribution in [-0.2, 0) is 0 Å². The molecule has 0 bridgehead atoms. The number of hydrogen-bond donors (Lipinski definition) is 1. The molecule has 0 amide bonds. The highest BCUT2D eigenvalue weighted by Crippen LogP contribution is 2.36. The number of benzene rings is 2. The van der Waals surface area contributed by atoms with Crippen molar-refractivity contribution in [3.63, 3.8) is 0 Å². The third-order valence-corrected chi connectivity index (χ3v) is 3.75. The summed E-state index contributed by atoms with van der Waals surface area (Å²) in [7, 11) is 0. The molecular formula is C20H15N3. The third-order valence-electron chi connectivity index (χ3n) is 3.75. The van der Waals surface area contributed by atoms with E-state index in [9.17, 15) is 0 Å². The number of aliphatic imine (C=N–C) groups is 1. The molecule has 0 radical (unpaired) electrons. The van der Waals surface area contributed by atoms with Gasteiger partial charge in [-0.15, -0.1) is 0 Å². The van der Waals surface area contributed by atoms with Crippen molar-refractivity contribution in [3.8, 4) is 11.1 Å². The van der Waals surface area contributed by atoms with E-state index in [1.807, 2.05) is 60.9 Å². The minimum Gasteiger partial charge on any atom is -0.338 e. The lowest BCUT2D eigenvalue weighted by Gasteiger charge is -2.07. The monoisotopic (exact) mass is 297 g/mol. The maximum atomic E-state index is 4.76. The van der Waals surface area contributed by atoms with Gasteiger partial charge in [-0.3, -0.25) is 4.98 Å². The lowest BCUT2D eigenvalue weighted by atomic mass is 10.0. The van der Waals surface area contributed by atoms with Gasteiger partial charge in [-0.25, -0.2) is 4.99 Å². The second-order valence-corrected chi connectivity index (χ2v) is 5.30. The van der Waals surface area contributed by atoms with Gasteiger partial charge in [-0.05, 0) is 23.8 Å². The van der Waals surface area contributed by atoms with E-state index in [-0.39, 0.29) is 0 Å². The number of nitrogens with zero attached hydrogens (tertiary/aromatic N) is 2. The van der Waals surface area contributed by atoms with Crippen LogP contribution in [0, 0.1) is 0 Å². The highest BCUT2D eigenvalue weighted by atomic mass is 15.0. The second kappa shape index (κ2) is 5.89. The number of anilines is 1. The lowest BCUT2D eigenvalue weighted by molar-refractivity contribution is 1.33. The van der Waals surface area contributed by atoms with Gasteiger partial charge in [0.2, 0.25) is 0 Å². The highest BCUT2D eigenvalue weighted by molar-refractivity contribution is 6.11. The number of amidine groups is 1. The molecule has 3 aromatic rings. The van der Waals surface area contributed by atoms with Crippen LogP contribution in [0.1, 0.15) is 5.56 Å². The molecule has 0 unspecified atom stereocenters. The molecule has 110 valence electrons. The van der Waals surface area contributed by atoms with Crippen molar-refractivity contribution in [2.45, 2.75) is 0 Å². The molecule has 0 saturated heterocycles. The Bertz CT molecular complexity index is 896. The van der Waals surface area contributed by atoms with Gasteiger partial charge in [0, 0.05) is 17.3 Å². The molecule has 23 heavy (non-hydrogen) atoms. The Labute approximate surface area is 135 Å². The maximum Gasteiger partial charge on any atom is 0.131 e. The normalized spacial score (nSPS) is 12.8. The number of fused-ring (bicyclic) bond motifs is 3. The van der Waals surface area contributed by atoms with E-state index in [1.165, 1.54) is 0 Å². The summed E-state index contributed by atoms with van der Waals surface area (Å²) in [5, 5.41) is 3.38. The van der Waals surface area contributed by atoms with Crippen LogP contribution in [0.3, 0.4) is 0 Å². The van der Waals surface area contributed by atoms with E-state index in [0.29, 0.717) is 0 Å². The molecule has 0 spiro atoms. The molecule has 1 aliphatic rings. The summed E-state index contributed by atoms with van der Waals surface area (Å²) in [4.78, 5) is 8.98. The summed E-state index contributed by atoms with van der Waals surface area (Å²) in [6, 6.07) is 20.4. The van der Waals surface area contributed by atoms with Crippen LogP contribution in [0.25, 0.3) is 17.2 Å². The largest absolute Gasteiger partial charge is 0.338 e. The zero-order chi connectivity index (χ0) is 15.5. The molecule has 0 aliphatic carbocycles. The first-order valence-corrected chi connectivity index (χ1v) is 7.52. The Morgan fingerprint density at radius 2 is 1.61 bits per heavy atom. The molecule has 2 heterocycles. The SMILES string of the molecule is C(=C\c1ccccc1)/C1=Nc2ccccc2-c2ccncc2N1. The summed E-state index contributed by atoms with van der Waals surface area (Å²) < 4.78 is 0. The first-order chi connectivity index (χ1) is 11.4. The molecular weight excluding hydrogens is 282 g/mol. The smallest absolute Gasteiger partial charge is 0.131 e. The van der Waals surface area contributed by atoms with Gasteiger partial charge in [-0.1, -0.05) is 54.6 Å². The number of hydrogen-bond acceptors (Lipinski definition) is 3. The van der Waals surface area contributed by atoms with E-state index < -0.39 is 0 Å². The van der Waals surface area contributed by atoms with Crippen LogP contribution in [0.2, 0.25) is 0 Å². The Kier molecular flexibility index (Phi) is 3.45. The fourth-order valence-corrected chi connectivity index (χ4v) is 2.64. The number of pyridine rings is 1. The first-order valence-electron chi connectivity index (χ1n) is 7.52. The fourth-order valence-electron chi connectivity index (χ4n) is 2.64. The zero-order valence-electron chi connectivity index (χ0n) is 12.5. The van der Waals surface area contributed by atoms with Crippen LogP contribution in [0.5, 0.6) is 0 Å². The van der Waals surface area contributed by atoms with Gasteiger partial charge in [0.1, 0.15) is 5.84 Å². The summed E-state index contributed by atoms with van der Waals surface area (Å²) in [6.07, 6.45) is 7.69. The van der Waals surface area contributed by atoms with Crippen LogP contribution < -0.4 is 5.32 Å². The average molecular weight is 297 g/mol. The molecule has 1 aliphatic heterocycles. The van der Waals surface area contributed by atoms with Gasteiger partial charge >= 0.3 is 0 Å². The highest BCUT2D eigenvalue weighted by Gasteiger charge is 2.14. The number of aromatic nitrogens is 1. The molecule has 2 aromatic carbocycles. The molecule has 1 N–H and O–H groups in total. The van der Waals surface area contributed by atoms with Crippen molar-refractivity contribution >= 4 is 23.3 Å². The Morgan fingerprint density at radius 1 is 0.783 bits per heavy atom. The van der Waals surface area contributed by atoms with E-state index in [4.69, 9.17) is 4.99 Å². The summed E-state index contributed by atoms with van der Waals surface area (Å²) in [5.74, 6) is 0.799. The van der Waals surface area contributed by atoms with Gasteiger partial charge in [0.05, 0.1) is 17.6 Å². The van der Waals surface area contributed by atoms with E-state index >= 15 is 0 Å². The molecule has 4 rings (SSSR count). The van der Waals surface area contributed by atoms with Crippen molar-refractivity contribution < 1.29 is 0 Å². The number of rotatable bonds is 2. The van der Waals surface area contributed by atoms with Gasteiger partial charge in [0.15, 0.2) is 0 Å². The van der Waals surface area contributed by atoms with Crippen molar-refractivity contribution in [2.75, 3.05) is 5.32 Å². The Balaban J connectivity index is 1.78. The van der Waals surface area contributed by atoms with Crippen LogP contribution in [-0.4, -0.2) is 10.8 Å². The number of para-hydroxylation sites is 1. The van der Waals surface area contributed by atoms with Crippen molar-refractivity contribution in [1.82, 2.24) is 4.98 Å². The molecule has 0 saturated carbocycles. The van der Waals surface area contributed by atoms with Crippen LogP contribution in [0.4, 0.5) is 11.4 Å². The second-order valence-electron chi connectivity index (χ2n) is 5.30. The van der Waals surface area contributed by atoms with Gasteiger partial charge < -0.3 is 5.32 Å². The molecule has 0 atom stereocenters. The average Bonchev–Trinajstić information content (AvgIpc) is 2.77. The number of nitrogens with one attached hydrogen (secondary N) is 1. The topological polar surface area (TPSA) is 37.3 Å². The van der Waals surface area contributed by atoms with Gasteiger partial charge in [0.25, 0.3) is 0 Å². The van der Waals surface area contributed by atoms with Crippen molar-refractivity contribution in [3.05, 3.63) is 84.7 Å². The molecule has 1 aromatic heterocycles. The minimum atomic E-state index is 0.799. The summed E-state index contributed by atoms with van der Waals surface area (Å²) in [6.45, 7) is 0. The molecule has 3 nitrogen and oxygen atoms in total. The third kappa shape index (κ3) is 2.77. The first kappa shape index (κ1) is 13.5. The molecule has 0 fully saturated rings. The Morgan fingerprint density at radius 3 is 2.52 bits per heavy atom. The van der Waals surface area contributed by atoms with E-state index in [2.05, 4.69) is 34.6 Å². The van der Waals surface area contributed by atoms with Crippen LogP contribution >= 0.6 is 0 Å². The quantitative estimate of drug-likeness (QED) is 0.729.